The van der Waals surface area contributed by atoms with Crippen LogP contribution in [-0.4, -0.2) is 152 Å². The molecule has 0 saturated carbocycles. The molecule has 0 atom stereocenters. The SMILES string of the molecule is COC(=O)c1ccc(B(O)O)cc1Cl.Clc1ccc2nnn(Cc3ccc4ncccc4c3)c2n1.O=C(NOCCO)c1ccc(-c2ccc3nnn(Cc4ccc5ccccc5c4)c3n2)cc1Cl.O=COc1ccc(-c2ccc3nnn(Cc4ccc5ccccc5c4)c3n2)cc1Cl.O=COc1ccc(-c2ccc3nnn(Cc4ccc5ccccc5c4)c3n2)cc1Cl. The molecule has 0 bridgehead atoms. The molecule has 4 N–H and O–H groups in total. The van der Waals surface area contributed by atoms with E-state index in [1.807, 2.05) is 103 Å². The number of carbonyl (C=O) groups excluding carboxylic acids is 4. The number of aliphatic hydroxyl groups excluding tert-OH is 1. The fourth-order valence-corrected chi connectivity index (χ4v) is 15.0. The third-order valence-electron chi connectivity index (χ3n) is 20.2. The number of benzene rings is 11. The Morgan fingerprint density at radius 1 is 0.395 bits per heavy atom. The summed E-state index contributed by atoms with van der Waals surface area (Å²) in [6.45, 7) is 2.74. The van der Waals surface area contributed by atoms with Crippen LogP contribution < -0.4 is 20.4 Å². The quantitative estimate of drug-likeness (QED) is 0.0130. The van der Waals surface area contributed by atoms with Gasteiger partial charge in [0.15, 0.2) is 22.6 Å². The van der Waals surface area contributed by atoms with Gasteiger partial charge in [-0.3, -0.25) is 24.2 Å². The summed E-state index contributed by atoms with van der Waals surface area (Å²) < 4.78 is 21.2. The normalized spacial score (nSPS) is 11.0. The van der Waals surface area contributed by atoms with E-state index >= 15 is 0 Å². The Bertz CT molecular complexity index is 7360. The van der Waals surface area contributed by atoms with Crippen LogP contribution in [0.3, 0.4) is 0 Å². The molecule has 0 aliphatic heterocycles. The van der Waals surface area contributed by atoms with E-state index in [0.29, 0.717) is 111 Å². The number of hydrogen-bond acceptors (Lipinski definition) is 24. The molecule has 0 unspecified atom stereocenters. The van der Waals surface area contributed by atoms with Crippen molar-refractivity contribution in [3.8, 4) is 45.3 Å². The summed E-state index contributed by atoms with van der Waals surface area (Å²) in [6, 6.07) is 88.0. The van der Waals surface area contributed by atoms with Crippen molar-refractivity contribution >= 4 is 183 Å². The Morgan fingerprint density at radius 2 is 0.775 bits per heavy atom. The lowest BCUT2D eigenvalue weighted by Gasteiger charge is -2.09. The molecule has 9 heterocycles. The van der Waals surface area contributed by atoms with E-state index in [1.165, 1.54) is 57.6 Å². The van der Waals surface area contributed by atoms with Gasteiger partial charge in [0, 0.05) is 28.3 Å². The van der Waals surface area contributed by atoms with Gasteiger partial charge in [-0.15, -0.1) is 20.4 Å². The minimum Gasteiger partial charge on any atom is -0.465 e. The molecule has 0 aliphatic rings. The van der Waals surface area contributed by atoms with E-state index in [4.69, 9.17) is 102 Å². The molecular weight excluding hydrogens is 1750 g/mol. The summed E-state index contributed by atoms with van der Waals surface area (Å²) in [7, 11) is -0.354. The van der Waals surface area contributed by atoms with Crippen molar-refractivity contribution in [1.29, 1.82) is 0 Å². The Kier molecular flexibility index (Phi) is 27.5. The number of amides is 1. The number of esters is 1. The molecule has 20 rings (SSSR count). The fourth-order valence-electron chi connectivity index (χ4n) is 13.9. The number of aliphatic hydroxyl groups is 1. The van der Waals surface area contributed by atoms with E-state index in [9.17, 15) is 19.2 Å². The van der Waals surface area contributed by atoms with Crippen molar-refractivity contribution in [2.24, 2.45) is 0 Å². The molecule has 35 heteroatoms. The highest BCUT2D eigenvalue weighted by molar-refractivity contribution is 6.59. The van der Waals surface area contributed by atoms with Gasteiger partial charge in [0.1, 0.15) is 38.7 Å². The predicted molar refractivity (Wildman–Crippen MR) is 494 cm³/mol. The zero-order valence-electron chi connectivity index (χ0n) is 67.7. The zero-order chi connectivity index (χ0) is 89.4. The Morgan fingerprint density at radius 3 is 1.19 bits per heavy atom. The van der Waals surface area contributed by atoms with Gasteiger partial charge in [0.25, 0.3) is 18.9 Å². The third kappa shape index (κ3) is 20.9. The number of fused-ring (bicyclic) bond motifs is 8. The smallest absolute Gasteiger partial charge is 0.465 e. The summed E-state index contributed by atoms with van der Waals surface area (Å²) >= 11 is 30.4. The first-order valence-electron chi connectivity index (χ1n) is 39.5. The van der Waals surface area contributed by atoms with Gasteiger partial charge in [-0.25, -0.2) is 48.9 Å². The van der Waals surface area contributed by atoms with Gasteiger partial charge in [-0.05, 0) is 206 Å². The second-order valence-electron chi connectivity index (χ2n) is 28.7. The number of nitrogens with one attached hydrogen (secondary N) is 1. The molecule has 0 spiro atoms. The van der Waals surface area contributed by atoms with Crippen LogP contribution in [0.4, 0.5) is 0 Å². The monoisotopic (exact) mass is 1810 g/mol. The summed E-state index contributed by atoms with van der Waals surface area (Å²) in [6.07, 6.45) is 1.79. The molecule has 638 valence electrons. The summed E-state index contributed by atoms with van der Waals surface area (Å²) in [5, 5.41) is 69.9. The number of rotatable bonds is 21. The molecular formula is C94H68BCl5N18O11. The molecule has 29 nitrogen and oxygen atoms in total. The van der Waals surface area contributed by atoms with Crippen molar-refractivity contribution in [3.63, 3.8) is 0 Å². The largest absolute Gasteiger partial charge is 0.488 e. The molecule has 20 aromatic rings. The number of methoxy groups -OCH3 is 1. The van der Waals surface area contributed by atoms with Crippen LogP contribution in [0, 0.1) is 0 Å². The Labute approximate surface area is 757 Å². The Hall–Kier alpha value is -15.0. The molecule has 11 aromatic carbocycles. The third-order valence-corrected chi connectivity index (χ3v) is 21.6. The molecule has 0 radical (unpaired) electrons. The second-order valence-corrected chi connectivity index (χ2v) is 30.7. The average Bonchev–Trinajstić information content (AvgIpc) is 1.67. The summed E-state index contributed by atoms with van der Waals surface area (Å²) in [5.41, 5.74) is 18.4. The highest BCUT2D eigenvalue weighted by Gasteiger charge is 2.20. The number of ether oxygens (including phenoxy) is 3. The minimum absolute atomic E-state index is 0.00764. The van der Waals surface area contributed by atoms with Crippen molar-refractivity contribution < 1.29 is 53.4 Å². The first-order valence-corrected chi connectivity index (χ1v) is 41.4. The molecule has 1 amide bonds. The number of halogens is 5. The maximum absolute atomic E-state index is 12.2. The van der Waals surface area contributed by atoms with Gasteiger partial charge in [0.2, 0.25) is 0 Å². The van der Waals surface area contributed by atoms with Gasteiger partial charge < -0.3 is 29.4 Å². The molecule has 0 fully saturated rings. The van der Waals surface area contributed by atoms with Gasteiger partial charge >= 0.3 is 13.1 Å². The number of hydrogen-bond donors (Lipinski definition) is 4. The second kappa shape index (κ2) is 40.6. The lowest BCUT2D eigenvalue weighted by Crippen LogP contribution is -2.29. The average molecular weight is 1810 g/mol. The first kappa shape index (κ1) is 87.5. The minimum atomic E-state index is -1.60. The van der Waals surface area contributed by atoms with Crippen LogP contribution in [0.1, 0.15) is 43.0 Å². The maximum atomic E-state index is 12.2. The summed E-state index contributed by atoms with van der Waals surface area (Å²) in [5.74, 6) is -0.445. The lowest BCUT2D eigenvalue weighted by molar-refractivity contribution is -0.121. The van der Waals surface area contributed by atoms with Crippen LogP contribution >= 0.6 is 58.0 Å². The summed E-state index contributed by atoms with van der Waals surface area (Å²) in [4.78, 5) is 72.1. The number of hydroxylamine groups is 1. The standard InChI is InChI=1S/C25H20ClN5O3.2C23H15ClN4O2.C15H10ClN5.C8H8BClO4/c26-21-14-19(7-8-20(21)25(33)29-34-12-11-32)22-9-10-23-24(27-22)31(30-28-23)15-16-5-6-17-3-1-2-4-18(17)13-16;2*24-19-12-18(7-10-22(19)30-14-29)20-8-9-21-23(25-20)28(27-26-21)13-15-5-6-16-3-1-2-4-17(16)11-15;16-14-6-5-13-15(18-14)21(20-19-13)9-10-3-4-12-11(8-10)2-1-7-17-12;1-14-8(11)6-3-2-5(9(12)13)4-7(6)10/h1-10,13-14,32H,11-12,15H2,(H,29,33);2*1-12,14H,13H2;1-8H,9H2;2-4,12-13H,1H3. The number of pyridine rings is 5. The van der Waals surface area contributed by atoms with Crippen LogP contribution in [0.25, 0.3) is 122 Å². The van der Waals surface area contributed by atoms with Gasteiger partial charge in [0.05, 0.1) is 100 Å². The number of aromatic nitrogens is 17. The van der Waals surface area contributed by atoms with E-state index in [2.05, 4.69) is 158 Å². The highest BCUT2D eigenvalue weighted by atomic mass is 35.5. The number of nitrogens with zero attached hydrogens (tertiary/aromatic N) is 17. The van der Waals surface area contributed by atoms with Crippen LogP contribution in [0.5, 0.6) is 11.5 Å². The van der Waals surface area contributed by atoms with E-state index < -0.39 is 19.0 Å². The van der Waals surface area contributed by atoms with E-state index in [0.717, 1.165) is 66.8 Å². The Balaban J connectivity index is 0.000000121. The lowest BCUT2D eigenvalue weighted by atomic mass is 9.80. The van der Waals surface area contributed by atoms with Crippen molar-refractivity contribution in [2.75, 3.05) is 20.3 Å². The van der Waals surface area contributed by atoms with Gasteiger partial charge in [-0.2, -0.15) is 0 Å². The van der Waals surface area contributed by atoms with Gasteiger partial charge in [-0.1, -0.05) is 212 Å². The molecule has 9 aromatic heterocycles. The van der Waals surface area contributed by atoms with Crippen LogP contribution in [-0.2, 0) is 45.3 Å². The fraction of sp³-hybridized carbons (Fsp3) is 0.0745. The van der Waals surface area contributed by atoms with Crippen molar-refractivity contribution in [2.45, 2.75) is 26.2 Å². The number of carbonyl (C=O) groups is 4. The van der Waals surface area contributed by atoms with E-state index in [1.54, 1.807) is 85.6 Å². The first-order chi connectivity index (χ1) is 62.9. The van der Waals surface area contributed by atoms with E-state index in [-0.39, 0.29) is 39.8 Å². The molecule has 0 saturated heterocycles. The highest BCUT2D eigenvalue weighted by Crippen LogP contribution is 2.34. The van der Waals surface area contributed by atoms with Crippen LogP contribution in [0.2, 0.25) is 25.2 Å². The topological polar surface area (TPSA) is 365 Å². The zero-order valence-corrected chi connectivity index (χ0v) is 71.5. The molecule has 129 heavy (non-hydrogen) atoms. The van der Waals surface area contributed by atoms with Crippen LogP contribution in [0.15, 0.2) is 285 Å². The van der Waals surface area contributed by atoms with Crippen molar-refractivity contribution in [3.05, 3.63) is 344 Å². The molecule has 0 aliphatic carbocycles. The maximum Gasteiger partial charge on any atom is 0.488 e. The predicted octanol–water partition coefficient (Wildman–Crippen LogP) is 16.7. The van der Waals surface area contributed by atoms with Crippen molar-refractivity contribution in [1.82, 2.24) is 90.4 Å².